The van der Waals surface area contributed by atoms with Crippen molar-refractivity contribution in [1.82, 2.24) is 4.57 Å². The molecule has 2 heteroatoms. The zero-order valence-electron chi connectivity index (χ0n) is 8.11. The molecule has 1 atom stereocenters. The summed E-state index contributed by atoms with van der Waals surface area (Å²) in [6, 6.07) is 1.96. The van der Waals surface area contributed by atoms with Gasteiger partial charge in [-0.3, -0.25) is 0 Å². The fraction of sp³-hybridized carbons (Fsp3) is 0.455. The number of aryl methyl sites for hydroxylation is 1. The molecule has 1 N–H and O–H groups in total. The van der Waals surface area contributed by atoms with E-state index in [9.17, 15) is 5.11 Å². The lowest BCUT2D eigenvalue weighted by atomic mass is 10.2. The van der Waals surface area contributed by atoms with Crippen molar-refractivity contribution in [3.63, 3.8) is 0 Å². The van der Waals surface area contributed by atoms with Crippen LogP contribution in [0.15, 0.2) is 31.1 Å². The van der Waals surface area contributed by atoms with Gasteiger partial charge in [0.15, 0.2) is 0 Å². The molecular formula is C11H17NO. The highest BCUT2D eigenvalue weighted by Gasteiger charge is 2.01. The first kappa shape index (κ1) is 10.1. The van der Waals surface area contributed by atoms with Crippen molar-refractivity contribution in [3.8, 4) is 0 Å². The van der Waals surface area contributed by atoms with Crippen LogP contribution >= 0.6 is 0 Å². The standard InChI is InChI=1S/C11H17NO/c1-3-4-5-7-12-8-6-11(9-12)10(2)13/h3,6,8-10,13H,1,4-5,7H2,2H3. The summed E-state index contributed by atoms with van der Waals surface area (Å²) in [5.74, 6) is 0. The summed E-state index contributed by atoms with van der Waals surface area (Å²) in [6.07, 6.45) is 7.72. The second-order valence-corrected chi connectivity index (χ2v) is 3.29. The normalized spacial score (nSPS) is 12.8. The van der Waals surface area contributed by atoms with E-state index in [4.69, 9.17) is 0 Å². The molecule has 0 saturated carbocycles. The highest BCUT2D eigenvalue weighted by Crippen LogP contribution is 2.12. The van der Waals surface area contributed by atoms with Crippen LogP contribution in [0.2, 0.25) is 0 Å². The first-order valence-corrected chi connectivity index (χ1v) is 4.68. The Hall–Kier alpha value is -1.02. The summed E-state index contributed by atoms with van der Waals surface area (Å²) >= 11 is 0. The van der Waals surface area contributed by atoms with Crippen molar-refractivity contribution < 1.29 is 5.11 Å². The summed E-state index contributed by atoms with van der Waals surface area (Å²) in [7, 11) is 0. The predicted octanol–water partition coefficient (Wildman–Crippen LogP) is 2.51. The first-order valence-electron chi connectivity index (χ1n) is 4.68. The molecular weight excluding hydrogens is 162 g/mol. The summed E-state index contributed by atoms with van der Waals surface area (Å²) in [5, 5.41) is 9.28. The molecule has 0 aromatic carbocycles. The molecule has 0 radical (unpaired) electrons. The smallest absolute Gasteiger partial charge is 0.0776 e. The zero-order valence-corrected chi connectivity index (χ0v) is 8.11. The number of aliphatic hydroxyl groups excluding tert-OH is 1. The maximum atomic E-state index is 9.28. The SMILES string of the molecule is C=CCCCn1ccc(C(C)O)c1. The molecule has 0 saturated heterocycles. The van der Waals surface area contributed by atoms with Crippen LogP contribution in [-0.2, 0) is 6.54 Å². The van der Waals surface area contributed by atoms with E-state index in [2.05, 4.69) is 11.1 Å². The third kappa shape index (κ3) is 3.07. The minimum Gasteiger partial charge on any atom is -0.389 e. The lowest BCUT2D eigenvalue weighted by molar-refractivity contribution is 0.199. The summed E-state index contributed by atoms with van der Waals surface area (Å²) in [5.41, 5.74) is 0.985. The van der Waals surface area contributed by atoms with Crippen molar-refractivity contribution in [2.75, 3.05) is 0 Å². The van der Waals surface area contributed by atoms with Gasteiger partial charge >= 0.3 is 0 Å². The predicted molar refractivity (Wildman–Crippen MR) is 54.5 cm³/mol. The van der Waals surface area contributed by atoms with Gasteiger partial charge < -0.3 is 9.67 Å². The molecule has 0 spiro atoms. The van der Waals surface area contributed by atoms with E-state index in [1.807, 2.05) is 24.5 Å². The van der Waals surface area contributed by atoms with E-state index < -0.39 is 0 Å². The highest BCUT2D eigenvalue weighted by molar-refractivity contribution is 5.12. The average molecular weight is 179 g/mol. The highest BCUT2D eigenvalue weighted by atomic mass is 16.3. The van der Waals surface area contributed by atoms with Crippen molar-refractivity contribution >= 4 is 0 Å². The van der Waals surface area contributed by atoms with Crippen LogP contribution in [0.5, 0.6) is 0 Å². The van der Waals surface area contributed by atoms with E-state index in [0.29, 0.717) is 0 Å². The number of rotatable bonds is 5. The largest absolute Gasteiger partial charge is 0.389 e. The van der Waals surface area contributed by atoms with Crippen molar-refractivity contribution in [1.29, 1.82) is 0 Å². The second-order valence-electron chi connectivity index (χ2n) is 3.29. The Morgan fingerprint density at radius 3 is 3.00 bits per heavy atom. The molecule has 2 nitrogen and oxygen atoms in total. The molecule has 1 unspecified atom stereocenters. The van der Waals surface area contributed by atoms with Gasteiger partial charge in [0.25, 0.3) is 0 Å². The molecule has 1 aromatic rings. The molecule has 72 valence electrons. The fourth-order valence-electron chi connectivity index (χ4n) is 1.26. The average Bonchev–Trinajstić information content (AvgIpc) is 2.53. The number of aliphatic hydroxyl groups is 1. The summed E-state index contributed by atoms with van der Waals surface area (Å²) in [6.45, 7) is 6.46. The molecule has 0 aliphatic heterocycles. The van der Waals surface area contributed by atoms with Gasteiger partial charge in [0.1, 0.15) is 0 Å². The molecule has 13 heavy (non-hydrogen) atoms. The topological polar surface area (TPSA) is 25.2 Å². The van der Waals surface area contributed by atoms with E-state index in [1.54, 1.807) is 6.92 Å². The fourth-order valence-corrected chi connectivity index (χ4v) is 1.26. The molecule has 0 aliphatic rings. The minimum absolute atomic E-state index is 0.361. The van der Waals surface area contributed by atoms with E-state index in [-0.39, 0.29) is 6.10 Å². The van der Waals surface area contributed by atoms with Gasteiger partial charge in [-0.25, -0.2) is 0 Å². The lowest BCUT2D eigenvalue weighted by Gasteiger charge is -2.01. The van der Waals surface area contributed by atoms with Gasteiger partial charge in [0.05, 0.1) is 6.10 Å². The van der Waals surface area contributed by atoms with E-state index >= 15 is 0 Å². The Kier molecular flexibility index (Phi) is 3.77. The molecule has 0 aliphatic carbocycles. The van der Waals surface area contributed by atoms with Crippen LogP contribution in [0.25, 0.3) is 0 Å². The molecule has 1 aromatic heterocycles. The Bertz CT molecular complexity index is 263. The number of nitrogens with zero attached hydrogens (tertiary/aromatic N) is 1. The van der Waals surface area contributed by atoms with E-state index in [1.165, 1.54) is 0 Å². The summed E-state index contributed by atoms with van der Waals surface area (Å²) in [4.78, 5) is 0. The van der Waals surface area contributed by atoms with Crippen molar-refractivity contribution in [3.05, 3.63) is 36.7 Å². The molecule has 0 amide bonds. The Morgan fingerprint density at radius 1 is 1.69 bits per heavy atom. The first-order chi connectivity index (χ1) is 6.24. The van der Waals surface area contributed by atoms with Crippen LogP contribution in [0.4, 0.5) is 0 Å². The third-order valence-electron chi connectivity index (χ3n) is 2.08. The maximum Gasteiger partial charge on any atom is 0.0776 e. The van der Waals surface area contributed by atoms with Gasteiger partial charge in [-0.15, -0.1) is 6.58 Å². The number of hydrogen-bond acceptors (Lipinski definition) is 1. The monoisotopic (exact) mass is 179 g/mol. The maximum absolute atomic E-state index is 9.28. The van der Waals surface area contributed by atoms with Crippen LogP contribution in [-0.4, -0.2) is 9.67 Å². The van der Waals surface area contributed by atoms with Crippen LogP contribution < -0.4 is 0 Å². The zero-order chi connectivity index (χ0) is 9.68. The number of unbranched alkanes of at least 4 members (excludes halogenated alkanes) is 1. The Labute approximate surface area is 79.5 Å². The second kappa shape index (κ2) is 4.87. The number of allylic oxidation sites excluding steroid dienone is 1. The van der Waals surface area contributed by atoms with Gasteiger partial charge in [-0.05, 0) is 31.4 Å². The lowest BCUT2D eigenvalue weighted by Crippen LogP contribution is -1.94. The number of hydrogen-bond donors (Lipinski definition) is 1. The van der Waals surface area contributed by atoms with Gasteiger partial charge in [0.2, 0.25) is 0 Å². The van der Waals surface area contributed by atoms with Crippen LogP contribution in [0.1, 0.15) is 31.4 Å². The molecule has 0 bridgehead atoms. The minimum atomic E-state index is -0.361. The van der Waals surface area contributed by atoms with Crippen LogP contribution in [0, 0.1) is 0 Å². The molecule has 1 heterocycles. The Balaban J connectivity index is 2.44. The third-order valence-corrected chi connectivity index (χ3v) is 2.08. The van der Waals surface area contributed by atoms with Crippen molar-refractivity contribution in [2.45, 2.75) is 32.4 Å². The Morgan fingerprint density at radius 2 is 2.46 bits per heavy atom. The van der Waals surface area contributed by atoms with Gasteiger partial charge in [-0.2, -0.15) is 0 Å². The van der Waals surface area contributed by atoms with E-state index in [0.717, 1.165) is 24.9 Å². The van der Waals surface area contributed by atoms with Gasteiger partial charge in [-0.1, -0.05) is 6.08 Å². The van der Waals surface area contributed by atoms with Gasteiger partial charge in [0, 0.05) is 18.9 Å². The molecule has 0 fully saturated rings. The van der Waals surface area contributed by atoms with Crippen molar-refractivity contribution in [2.24, 2.45) is 0 Å². The quantitative estimate of drug-likeness (QED) is 0.545. The number of aromatic nitrogens is 1. The summed E-state index contributed by atoms with van der Waals surface area (Å²) < 4.78 is 2.10. The molecule has 1 rings (SSSR count). The van der Waals surface area contributed by atoms with Crippen LogP contribution in [0.3, 0.4) is 0 Å².